The van der Waals surface area contributed by atoms with Gasteiger partial charge < -0.3 is 19.9 Å². The first-order chi connectivity index (χ1) is 14.7. The number of carbonyl (C=O) groups is 2. The summed E-state index contributed by atoms with van der Waals surface area (Å²) in [6.45, 7) is -0.343. The summed E-state index contributed by atoms with van der Waals surface area (Å²) in [4.78, 5) is 39.7. The number of carbonyl (C=O) groups excluding carboxylic acids is 2. The lowest BCUT2D eigenvalue weighted by Gasteiger charge is -2.39. The van der Waals surface area contributed by atoms with Gasteiger partial charge in [0.2, 0.25) is 5.43 Å². The summed E-state index contributed by atoms with van der Waals surface area (Å²) in [5, 5.41) is 12.2. The van der Waals surface area contributed by atoms with Crippen LogP contribution in [0.2, 0.25) is 5.02 Å². The fraction of sp³-hybridized carbons (Fsp3) is 0.381. The fourth-order valence-corrected chi connectivity index (χ4v) is 5.23. The van der Waals surface area contributed by atoms with Gasteiger partial charge in [-0.1, -0.05) is 17.7 Å². The molecule has 3 aliphatic rings. The van der Waals surface area contributed by atoms with E-state index in [9.17, 15) is 28.3 Å². The molecule has 2 heterocycles. The van der Waals surface area contributed by atoms with Crippen LogP contribution in [0, 0.1) is 23.5 Å². The van der Waals surface area contributed by atoms with Gasteiger partial charge in [-0.2, -0.15) is 0 Å². The molecule has 7 nitrogen and oxygen atoms in total. The Kier molecular flexibility index (Phi) is 4.37. The number of aromatic hydroxyl groups is 1. The Morgan fingerprint density at radius 1 is 1.29 bits per heavy atom. The second-order valence-electron chi connectivity index (χ2n) is 8.36. The van der Waals surface area contributed by atoms with Crippen molar-refractivity contribution in [2.24, 2.45) is 11.8 Å². The number of fused-ring (bicyclic) bond motifs is 5. The molecule has 1 aromatic carbocycles. The fourth-order valence-electron chi connectivity index (χ4n) is 5.05. The minimum atomic E-state index is -1.01. The molecular weight excluding hydrogens is 432 g/mol. The van der Waals surface area contributed by atoms with Crippen molar-refractivity contribution in [1.82, 2.24) is 14.8 Å². The Bertz CT molecular complexity index is 1210. The standard InChI is InChI=1S/C21H18ClF2N3O4/c1-26-16-10-4-9(10)5-13(16)27-7-11(18(28)19(29)17(27)21(26)31)20(30)25-6-8-2-3-12(23)14(22)15(8)24/h2-3,7,9-10,13,16,29H,4-6H2,1H3,(H,25,30)/t9-,10-,13-,16?/m0/s1. The SMILES string of the molecule is CN1C(=O)c2c(O)c(=O)c(C(=O)NCc3ccc(F)c(Cl)c3F)cn2[C@H]2C[C@@H]3C[C@@H]3C21. The van der Waals surface area contributed by atoms with Crippen LogP contribution in [0.4, 0.5) is 8.78 Å². The van der Waals surface area contributed by atoms with E-state index in [0.29, 0.717) is 11.8 Å². The molecule has 162 valence electrons. The molecule has 1 aliphatic heterocycles. The maximum absolute atomic E-state index is 14.1. The highest BCUT2D eigenvalue weighted by Gasteiger charge is 2.58. The molecule has 5 rings (SSSR count). The molecule has 2 N–H and O–H groups in total. The molecule has 31 heavy (non-hydrogen) atoms. The van der Waals surface area contributed by atoms with Crippen LogP contribution in [-0.4, -0.2) is 39.5 Å². The van der Waals surface area contributed by atoms with Crippen molar-refractivity contribution >= 4 is 23.4 Å². The zero-order valence-corrected chi connectivity index (χ0v) is 17.1. The Morgan fingerprint density at radius 2 is 2.03 bits per heavy atom. The van der Waals surface area contributed by atoms with Crippen LogP contribution in [0.15, 0.2) is 23.1 Å². The molecule has 0 spiro atoms. The zero-order chi connectivity index (χ0) is 22.2. The summed E-state index contributed by atoms with van der Waals surface area (Å²) in [5.74, 6) is -3.14. The van der Waals surface area contributed by atoms with Crippen LogP contribution in [0.25, 0.3) is 0 Å². The third-order valence-electron chi connectivity index (χ3n) is 6.69. The molecule has 10 heteroatoms. The lowest BCUT2D eigenvalue weighted by molar-refractivity contribution is 0.0581. The lowest BCUT2D eigenvalue weighted by Crippen LogP contribution is -2.49. The molecule has 0 bridgehead atoms. The summed E-state index contributed by atoms with van der Waals surface area (Å²) >= 11 is 5.55. The van der Waals surface area contributed by atoms with Gasteiger partial charge in [-0.3, -0.25) is 14.4 Å². The average Bonchev–Trinajstić information content (AvgIpc) is 3.41. The first-order valence-electron chi connectivity index (χ1n) is 9.86. The molecular formula is C21H18ClF2N3O4. The van der Waals surface area contributed by atoms with E-state index in [2.05, 4.69) is 5.32 Å². The minimum absolute atomic E-state index is 0.0433. The van der Waals surface area contributed by atoms with Crippen LogP contribution >= 0.6 is 11.6 Å². The number of rotatable bonds is 3. The van der Waals surface area contributed by atoms with Crippen LogP contribution in [0.5, 0.6) is 5.75 Å². The number of pyridine rings is 1. The first kappa shape index (κ1) is 20.0. The lowest BCUT2D eigenvalue weighted by atomic mass is 9.99. The largest absolute Gasteiger partial charge is 0.503 e. The van der Waals surface area contributed by atoms with E-state index in [1.165, 1.54) is 6.20 Å². The predicted molar refractivity (Wildman–Crippen MR) is 106 cm³/mol. The number of aromatic nitrogens is 1. The number of nitrogens with zero attached hydrogens (tertiary/aromatic N) is 2. The summed E-state index contributed by atoms with van der Waals surface area (Å²) in [6, 6.07) is 1.93. The van der Waals surface area contributed by atoms with E-state index in [0.717, 1.165) is 25.0 Å². The molecule has 4 atom stereocenters. The van der Waals surface area contributed by atoms with Gasteiger partial charge in [0.05, 0.1) is 12.1 Å². The van der Waals surface area contributed by atoms with Gasteiger partial charge in [-0.15, -0.1) is 0 Å². The molecule has 2 amide bonds. The topological polar surface area (TPSA) is 91.6 Å². The number of nitrogens with one attached hydrogen (secondary N) is 1. The number of halogens is 3. The number of likely N-dealkylation sites (N-methyl/N-ethyl adjacent to an activating group) is 1. The molecule has 2 saturated carbocycles. The van der Waals surface area contributed by atoms with Crippen LogP contribution in [0.3, 0.4) is 0 Å². The van der Waals surface area contributed by atoms with Gasteiger partial charge in [0.1, 0.15) is 22.2 Å². The highest BCUT2D eigenvalue weighted by Crippen LogP contribution is 2.59. The van der Waals surface area contributed by atoms with Crippen molar-refractivity contribution in [3.8, 4) is 5.75 Å². The molecule has 2 fully saturated rings. The normalized spacial score (nSPS) is 25.7. The zero-order valence-electron chi connectivity index (χ0n) is 16.4. The number of hydrogen-bond donors (Lipinski definition) is 2. The minimum Gasteiger partial charge on any atom is -0.503 e. The Hall–Kier alpha value is -2.94. The Balaban J connectivity index is 1.48. The van der Waals surface area contributed by atoms with E-state index in [1.807, 2.05) is 0 Å². The average molecular weight is 450 g/mol. The van der Waals surface area contributed by atoms with Crippen molar-refractivity contribution in [2.45, 2.75) is 31.5 Å². The van der Waals surface area contributed by atoms with E-state index >= 15 is 0 Å². The predicted octanol–water partition coefficient (Wildman–Crippen LogP) is 2.45. The summed E-state index contributed by atoms with van der Waals surface area (Å²) in [5.41, 5.74) is -1.52. The highest BCUT2D eigenvalue weighted by molar-refractivity contribution is 6.30. The first-order valence-corrected chi connectivity index (χ1v) is 10.2. The van der Waals surface area contributed by atoms with Crippen LogP contribution in [-0.2, 0) is 6.54 Å². The Morgan fingerprint density at radius 3 is 2.77 bits per heavy atom. The van der Waals surface area contributed by atoms with Gasteiger partial charge in [-0.25, -0.2) is 8.78 Å². The van der Waals surface area contributed by atoms with Gasteiger partial charge in [0.15, 0.2) is 11.4 Å². The van der Waals surface area contributed by atoms with E-state index < -0.39 is 39.6 Å². The molecule has 2 aliphatic carbocycles. The Labute approximate surface area is 180 Å². The second-order valence-corrected chi connectivity index (χ2v) is 8.74. The van der Waals surface area contributed by atoms with Gasteiger partial charge in [0, 0.05) is 25.4 Å². The number of hydrogen-bond acceptors (Lipinski definition) is 4. The monoisotopic (exact) mass is 449 g/mol. The summed E-state index contributed by atoms with van der Waals surface area (Å²) in [6.07, 6.45) is 3.14. The van der Waals surface area contributed by atoms with E-state index in [1.54, 1.807) is 16.5 Å². The van der Waals surface area contributed by atoms with E-state index in [4.69, 9.17) is 11.6 Å². The van der Waals surface area contributed by atoms with Crippen molar-refractivity contribution in [2.75, 3.05) is 7.05 Å². The van der Waals surface area contributed by atoms with Gasteiger partial charge >= 0.3 is 0 Å². The van der Waals surface area contributed by atoms with E-state index in [-0.39, 0.29) is 35.4 Å². The molecule has 1 aromatic heterocycles. The third-order valence-corrected chi connectivity index (χ3v) is 7.04. The smallest absolute Gasteiger partial charge is 0.274 e. The van der Waals surface area contributed by atoms with Crippen molar-refractivity contribution in [3.63, 3.8) is 0 Å². The maximum Gasteiger partial charge on any atom is 0.274 e. The maximum atomic E-state index is 14.1. The van der Waals surface area contributed by atoms with Gasteiger partial charge in [-0.05, 0) is 30.7 Å². The van der Waals surface area contributed by atoms with Gasteiger partial charge in [0.25, 0.3) is 11.8 Å². The summed E-state index contributed by atoms with van der Waals surface area (Å²) in [7, 11) is 1.66. The molecule has 0 radical (unpaired) electrons. The molecule has 1 unspecified atom stereocenters. The van der Waals surface area contributed by atoms with Crippen molar-refractivity contribution in [3.05, 3.63) is 62.0 Å². The number of amides is 2. The highest BCUT2D eigenvalue weighted by atomic mass is 35.5. The third kappa shape index (κ3) is 2.86. The van der Waals surface area contributed by atoms with Crippen molar-refractivity contribution in [1.29, 1.82) is 0 Å². The van der Waals surface area contributed by atoms with Crippen LogP contribution < -0.4 is 10.7 Å². The van der Waals surface area contributed by atoms with Crippen LogP contribution in [0.1, 0.15) is 45.3 Å². The number of benzene rings is 1. The molecule has 2 aromatic rings. The second kappa shape index (κ2) is 6.78. The quantitative estimate of drug-likeness (QED) is 0.704. The summed E-state index contributed by atoms with van der Waals surface area (Å²) < 4.78 is 28.9. The molecule has 0 saturated heterocycles. The van der Waals surface area contributed by atoms with Crippen molar-refractivity contribution < 1.29 is 23.5 Å².